The highest BCUT2D eigenvalue weighted by Gasteiger charge is 2.39. The van der Waals surface area contributed by atoms with Crippen molar-refractivity contribution < 1.29 is 9.53 Å². The fraction of sp³-hybridized carbons (Fsp3) is 0.533. The second-order valence-electron chi connectivity index (χ2n) is 5.15. The number of hydrogen-bond acceptors (Lipinski definition) is 3. The first-order valence-corrected chi connectivity index (χ1v) is 6.75. The van der Waals surface area contributed by atoms with Crippen molar-refractivity contribution in [2.24, 2.45) is 5.92 Å². The number of carbonyl (C=O) groups excluding carboxylic acids is 1. The van der Waals surface area contributed by atoms with Gasteiger partial charge in [-0.3, -0.25) is 10.1 Å². The molecule has 4 heteroatoms. The normalized spacial score (nSPS) is 24.6. The molecule has 3 atom stereocenters. The fourth-order valence-electron chi connectivity index (χ4n) is 2.45. The van der Waals surface area contributed by atoms with Crippen LogP contribution in [0.15, 0.2) is 24.3 Å². The van der Waals surface area contributed by atoms with Gasteiger partial charge < -0.3 is 9.64 Å². The van der Waals surface area contributed by atoms with E-state index in [2.05, 4.69) is 19.2 Å². The summed E-state index contributed by atoms with van der Waals surface area (Å²) in [5.41, 5.74) is 1.09. The molecule has 0 radical (unpaired) electrons. The number of carbonyl (C=O) groups is 1. The molecule has 1 amide bonds. The number of rotatable bonds is 4. The van der Waals surface area contributed by atoms with Gasteiger partial charge >= 0.3 is 0 Å². The third-order valence-corrected chi connectivity index (χ3v) is 3.98. The number of nitrogens with one attached hydrogen (secondary N) is 1. The molecule has 104 valence electrons. The molecule has 1 heterocycles. The van der Waals surface area contributed by atoms with Crippen molar-refractivity contribution in [2.45, 2.75) is 32.5 Å². The third kappa shape index (κ3) is 2.59. The van der Waals surface area contributed by atoms with Gasteiger partial charge in [0.05, 0.1) is 13.2 Å². The maximum atomic E-state index is 12.3. The Morgan fingerprint density at radius 3 is 2.53 bits per heavy atom. The quantitative estimate of drug-likeness (QED) is 0.904. The summed E-state index contributed by atoms with van der Waals surface area (Å²) in [5, 5.41) is 3.43. The van der Waals surface area contributed by atoms with Crippen molar-refractivity contribution in [1.82, 2.24) is 10.2 Å². The smallest absolute Gasteiger partial charge is 0.241 e. The molecule has 1 aliphatic rings. The number of nitrogens with zero attached hydrogens (tertiary/aromatic N) is 1. The number of ether oxygens (including phenoxy) is 1. The monoisotopic (exact) mass is 262 g/mol. The zero-order valence-corrected chi connectivity index (χ0v) is 12.0. The molecule has 1 aliphatic heterocycles. The van der Waals surface area contributed by atoms with Gasteiger partial charge in [-0.2, -0.15) is 0 Å². The van der Waals surface area contributed by atoms with Crippen LogP contribution in [0, 0.1) is 5.92 Å². The lowest BCUT2D eigenvalue weighted by Crippen LogP contribution is -2.35. The average molecular weight is 262 g/mol. The van der Waals surface area contributed by atoms with E-state index in [-0.39, 0.29) is 18.1 Å². The summed E-state index contributed by atoms with van der Waals surface area (Å²) in [6.07, 6.45) is 0.949. The minimum atomic E-state index is -0.0814. The average Bonchev–Trinajstić information content (AvgIpc) is 2.75. The molecule has 0 aromatic heterocycles. The van der Waals surface area contributed by atoms with Crippen LogP contribution < -0.4 is 10.1 Å². The fourth-order valence-corrected chi connectivity index (χ4v) is 2.45. The molecule has 1 aromatic rings. The molecule has 2 rings (SSSR count). The van der Waals surface area contributed by atoms with Gasteiger partial charge in [-0.15, -0.1) is 0 Å². The van der Waals surface area contributed by atoms with E-state index in [4.69, 9.17) is 4.74 Å². The van der Waals surface area contributed by atoms with Crippen molar-refractivity contribution in [3.8, 4) is 5.75 Å². The van der Waals surface area contributed by atoms with Crippen molar-refractivity contribution in [3.05, 3.63) is 29.8 Å². The van der Waals surface area contributed by atoms with E-state index in [0.29, 0.717) is 5.92 Å². The summed E-state index contributed by atoms with van der Waals surface area (Å²) >= 11 is 0. The number of amides is 1. The van der Waals surface area contributed by atoms with Crippen LogP contribution in [0.4, 0.5) is 0 Å². The highest BCUT2D eigenvalue weighted by molar-refractivity contribution is 5.84. The number of likely N-dealkylation sites (N-methyl/N-ethyl adjacent to an activating group) is 1. The highest BCUT2D eigenvalue weighted by atomic mass is 16.5. The zero-order valence-electron chi connectivity index (χ0n) is 12.0. The maximum absolute atomic E-state index is 12.3. The van der Waals surface area contributed by atoms with Crippen LogP contribution in [-0.2, 0) is 4.79 Å². The van der Waals surface area contributed by atoms with Crippen LogP contribution in [0.5, 0.6) is 5.75 Å². The Hall–Kier alpha value is -1.55. The van der Waals surface area contributed by atoms with Gasteiger partial charge in [-0.25, -0.2) is 0 Å². The van der Waals surface area contributed by atoms with Crippen molar-refractivity contribution in [2.75, 3.05) is 14.2 Å². The maximum Gasteiger partial charge on any atom is 0.241 e. The molecular formula is C15H22N2O2. The van der Waals surface area contributed by atoms with Gasteiger partial charge in [0.1, 0.15) is 11.9 Å². The predicted molar refractivity (Wildman–Crippen MR) is 74.9 cm³/mol. The Morgan fingerprint density at radius 2 is 2.00 bits per heavy atom. The summed E-state index contributed by atoms with van der Waals surface area (Å²) in [6.45, 7) is 4.22. The largest absolute Gasteiger partial charge is 0.497 e. The van der Waals surface area contributed by atoms with E-state index in [0.717, 1.165) is 17.7 Å². The van der Waals surface area contributed by atoms with Crippen LogP contribution in [0.3, 0.4) is 0 Å². The van der Waals surface area contributed by atoms with Gasteiger partial charge in [0.15, 0.2) is 0 Å². The minimum Gasteiger partial charge on any atom is -0.497 e. The summed E-state index contributed by atoms with van der Waals surface area (Å²) in [4.78, 5) is 14.0. The first kappa shape index (κ1) is 13.9. The number of hydrogen-bond donors (Lipinski definition) is 1. The third-order valence-electron chi connectivity index (χ3n) is 3.98. The van der Waals surface area contributed by atoms with E-state index < -0.39 is 0 Å². The molecule has 4 nitrogen and oxygen atoms in total. The molecular weight excluding hydrogens is 240 g/mol. The summed E-state index contributed by atoms with van der Waals surface area (Å²) in [6, 6.07) is 7.76. The Balaban J connectivity index is 2.18. The van der Waals surface area contributed by atoms with Gasteiger partial charge in [0.2, 0.25) is 5.91 Å². The Bertz CT molecular complexity index is 444. The van der Waals surface area contributed by atoms with Gasteiger partial charge in [-0.05, 0) is 23.6 Å². The summed E-state index contributed by atoms with van der Waals surface area (Å²) in [5.74, 6) is 1.35. The Kier molecular flexibility index (Phi) is 4.10. The molecule has 1 aromatic carbocycles. The lowest BCUT2D eigenvalue weighted by atomic mass is 9.99. The van der Waals surface area contributed by atoms with E-state index in [1.807, 2.05) is 31.3 Å². The second-order valence-corrected chi connectivity index (χ2v) is 5.15. The van der Waals surface area contributed by atoms with E-state index in [1.165, 1.54) is 0 Å². The number of benzene rings is 1. The Morgan fingerprint density at radius 1 is 1.37 bits per heavy atom. The van der Waals surface area contributed by atoms with Crippen LogP contribution in [0.25, 0.3) is 0 Å². The molecule has 3 unspecified atom stereocenters. The lowest BCUT2D eigenvalue weighted by Gasteiger charge is -2.20. The molecule has 1 fully saturated rings. The minimum absolute atomic E-state index is 0.0441. The first-order chi connectivity index (χ1) is 9.08. The summed E-state index contributed by atoms with van der Waals surface area (Å²) in [7, 11) is 3.50. The molecule has 0 aliphatic carbocycles. The van der Waals surface area contributed by atoms with Crippen molar-refractivity contribution in [3.63, 3.8) is 0 Å². The van der Waals surface area contributed by atoms with E-state index in [9.17, 15) is 4.79 Å². The van der Waals surface area contributed by atoms with Crippen LogP contribution in [-0.4, -0.2) is 31.0 Å². The molecule has 0 saturated carbocycles. The van der Waals surface area contributed by atoms with Gasteiger partial charge in [0.25, 0.3) is 0 Å². The number of methoxy groups -OCH3 is 1. The van der Waals surface area contributed by atoms with Crippen LogP contribution in [0.1, 0.15) is 32.0 Å². The summed E-state index contributed by atoms with van der Waals surface area (Å²) < 4.78 is 5.16. The topological polar surface area (TPSA) is 41.6 Å². The lowest BCUT2D eigenvalue weighted by molar-refractivity contribution is -0.129. The molecule has 1 N–H and O–H groups in total. The predicted octanol–water partition coefficient (Wildman–Crippen LogP) is 2.17. The Labute approximate surface area is 114 Å². The van der Waals surface area contributed by atoms with Gasteiger partial charge in [0, 0.05) is 7.05 Å². The van der Waals surface area contributed by atoms with Crippen LogP contribution >= 0.6 is 0 Å². The van der Waals surface area contributed by atoms with Gasteiger partial charge in [-0.1, -0.05) is 32.4 Å². The first-order valence-electron chi connectivity index (χ1n) is 6.75. The molecule has 19 heavy (non-hydrogen) atoms. The van der Waals surface area contributed by atoms with Crippen LogP contribution in [0.2, 0.25) is 0 Å². The molecule has 0 bridgehead atoms. The van der Waals surface area contributed by atoms with E-state index in [1.54, 1.807) is 12.0 Å². The second kappa shape index (κ2) is 5.61. The highest BCUT2D eigenvalue weighted by Crippen LogP contribution is 2.28. The van der Waals surface area contributed by atoms with E-state index >= 15 is 0 Å². The SMILES string of the molecule is CCC(C)C1NC(c2ccc(OC)cc2)N(C)C1=O. The van der Waals surface area contributed by atoms with Crippen molar-refractivity contribution >= 4 is 5.91 Å². The zero-order chi connectivity index (χ0) is 14.0. The molecule has 1 saturated heterocycles. The standard InChI is InChI=1S/C15H22N2O2/c1-5-10(2)13-15(18)17(3)14(16-13)11-6-8-12(19-4)9-7-11/h6-10,13-14,16H,5H2,1-4H3. The van der Waals surface area contributed by atoms with Crippen molar-refractivity contribution in [1.29, 1.82) is 0 Å². The molecule has 0 spiro atoms.